The molecule has 6 nitrogen and oxygen atoms in total. The van der Waals surface area contributed by atoms with Gasteiger partial charge in [0.05, 0.1) is 0 Å². The van der Waals surface area contributed by atoms with Crippen molar-refractivity contribution >= 4 is 22.7 Å². The Morgan fingerprint density at radius 2 is 2.09 bits per heavy atom. The third-order valence-electron chi connectivity index (χ3n) is 3.42. The van der Waals surface area contributed by atoms with E-state index in [9.17, 15) is 9.59 Å². The number of aryl methyl sites for hydroxylation is 1. The van der Waals surface area contributed by atoms with Crippen LogP contribution >= 0.6 is 0 Å². The van der Waals surface area contributed by atoms with Gasteiger partial charge >= 0.3 is 5.97 Å². The largest absolute Gasteiger partial charge is 0.457 e. The average Bonchev–Trinajstić information content (AvgIpc) is 2.94. The Morgan fingerprint density at radius 3 is 2.78 bits per heavy atom. The maximum atomic E-state index is 11.7. The maximum Gasteiger partial charge on any atom is 0.306 e. The second-order valence-electron chi connectivity index (χ2n) is 5.11. The van der Waals surface area contributed by atoms with Gasteiger partial charge in [-0.1, -0.05) is 18.2 Å². The number of H-pyrrole nitrogens is 1. The highest BCUT2D eigenvalue weighted by atomic mass is 16.5. The number of aromatic nitrogens is 1. The minimum absolute atomic E-state index is 0.118. The molecule has 23 heavy (non-hydrogen) atoms. The van der Waals surface area contributed by atoms with Crippen molar-refractivity contribution in [1.29, 1.82) is 5.26 Å². The number of hydrogen-bond donors (Lipinski definition) is 2. The van der Waals surface area contributed by atoms with Crippen molar-refractivity contribution in [3.05, 3.63) is 47.3 Å². The standard InChI is InChI=1S/C17H17N3O3/c1-11(19)14(8-18)16(21)10-23-17(22)7-6-12-9-20-15-5-3-2-4-13(12)15/h2-5,9,20H,6-7,10,19H2,1H3. The van der Waals surface area contributed by atoms with Crippen molar-refractivity contribution < 1.29 is 14.3 Å². The quantitative estimate of drug-likeness (QED) is 0.481. The summed E-state index contributed by atoms with van der Waals surface area (Å²) >= 11 is 0. The molecule has 0 fully saturated rings. The number of ether oxygens (including phenoxy) is 1. The van der Waals surface area contributed by atoms with E-state index >= 15 is 0 Å². The number of nitrogens with one attached hydrogen (secondary N) is 1. The van der Waals surface area contributed by atoms with Crippen LogP contribution in [0.3, 0.4) is 0 Å². The number of aromatic amines is 1. The summed E-state index contributed by atoms with van der Waals surface area (Å²) in [5, 5.41) is 9.87. The Kier molecular flexibility index (Phi) is 5.15. The van der Waals surface area contributed by atoms with Crippen LogP contribution in [0.4, 0.5) is 0 Å². The van der Waals surface area contributed by atoms with E-state index in [1.165, 1.54) is 6.92 Å². The van der Waals surface area contributed by atoms with Crippen LogP contribution in [-0.2, 0) is 20.7 Å². The van der Waals surface area contributed by atoms with Gasteiger partial charge in [-0.15, -0.1) is 0 Å². The molecule has 2 aromatic rings. The minimum atomic E-state index is -0.590. The molecule has 0 bridgehead atoms. The zero-order valence-corrected chi connectivity index (χ0v) is 12.8. The van der Waals surface area contributed by atoms with Crippen LogP contribution in [-0.4, -0.2) is 23.3 Å². The Morgan fingerprint density at radius 1 is 1.35 bits per heavy atom. The van der Waals surface area contributed by atoms with Gasteiger partial charge in [0.15, 0.2) is 6.61 Å². The highest BCUT2D eigenvalue weighted by molar-refractivity contribution is 6.01. The number of esters is 1. The van der Waals surface area contributed by atoms with Crippen molar-refractivity contribution in [2.24, 2.45) is 5.73 Å². The Hall–Kier alpha value is -3.07. The SMILES string of the molecule is CC(N)=C(C#N)C(=O)COC(=O)CCc1c[nH]c2ccccc12. The molecule has 0 spiro atoms. The third kappa shape index (κ3) is 3.98. The summed E-state index contributed by atoms with van der Waals surface area (Å²) in [4.78, 5) is 26.6. The predicted molar refractivity (Wildman–Crippen MR) is 85.1 cm³/mol. The topological polar surface area (TPSA) is 109 Å². The summed E-state index contributed by atoms with van der Waals surface area (Å²) in [5.74, 6) is -1.08. The molecule has 0 aliphatic carbocycles. The van der Waals surface area contributed by atoms with Gasteiger partial charge in [-0.2, -0.15) is 5.26 Å². The number of benzene rings is 1. The second kappa shape index (κ2) is 7.27. The van der Waals surface area contributed by atoms with E-state index in [2.05, 4.69) is 4.98 Å². The number of fused-ring (bicyclic) bond motifs is 1. The van der Waals surface area contributed by atoms with Gasteiger partial charge in [0.2, 0.25) is 5.78 Å². The number of ketones is 1. The molecule has 0 unspecified atom stereocenters. The fourth-order valence-corrected chi connectivity index (χ4v) is 2.24. The lowest BCUT2D eigenvalue weighted by Crippen LogP contribution is -2.17. The van der Waals surface area contributed by atoms with E-state index in [4.69, 9.17) is 15.7 Å². The number of carbonyl (C=O) groups is 2. The van der Waals surface area contributed by atoms with Gasteiger partial charge < -0.3 is 15.5 Å². The first kappa shape index (κ1) is 16.3. The molecule has 0 saturated carbocycles. The summed E-state index contributed by atoms with van der Waals surface area (Å²) in [5.41, 5.74) is 7.39. The number of carbonyl (C=O) groups excluding carboxylic acids is 2. The van der Waals surface area contributed by atoms with Crippen LogP contribution in [0.25, 0.3) is 10.9 Å². The molecule has 0 radical (unpaired) electrons. The lowest BCUT2D eigenvalue weighted by Gasteiger charge is -2.04. The highest BCUT2D eigenvalue weighted by Crippen LogP contribution is 2.19. The molecule has 1 aromatic carbocycles. The summed E-state index contributed by atoms with van der Waals surface area (Å²) < 4.78 is 4.91. The summed E-state index contributed by atoms with van der Waals surface area (Å²) in [6.07, 6.45) is 2.52. The van der Waals surface area contributed by atoms with Crippen molar-refractivity contribution in [2.75, 3.05) is 6.61 Å². The van der Waals surface area contributed by atoms with E-state index < -0.39 is 18.4 Å². The second-order valence-corrected chi connectivity index (χ2v) is 5.11. The van der Waals surface area contributed by atoms with Crippen LogP contribution < -0.4 is 5.73 Å². The van der Waals surface area contributed by atoms with Gasteiger partial charge in [-0.05, 0) is 25.0 Å². The normalized spacial score (nSPS) is 11.7. The van der Waals surface area contributed by atoms with Crippen LogP contribution in [0.1, 0.15) is 18.9 Å². The first-order chi connectivity index (χ1) is 11.0. The first-order valence-corrected chi connectivity index (χ1v) is 7.13. The average molecular weight is 311 g/mol. The highest BCUT2D eigenvalue weighted by Gasteiger charge is 2.14. The molecular formula is C17H17N3O3. The molecule has 2 rings (SSSR count). The molecular weight excluding hydrogens is 294 g/mol. The van der Waals surface area contributed by atoms with Crippen LogP contribution in [0.15, 0.2) is 41.7 Å². The van der Waals surface area contributed by atoms with Crippen molar-refractivity contribution in [2.45, 2.75) is 19.8 Å². The zero-order chi connectivity index (χ0) is 16.8. The Balaban J connectivity index is 1.88. The fraction of sp³-hybridized carbons (Fsp3) is 0.235. The van der Waals surface area contributed by atoms with Crippen LogP contribution in [0.5, 0.6) is 0 Å². The molecule has 0 atom stereocenters. The van der Waals surface area contributed by atoms with Crippen molar-refractivity contribution in [1.82, 2.24) is 4.98 Å². The summed E-state index contributed by atoms with van der Waals surface area (Å²) in [6.45, 7) is 0.986. The summed E-state index contributed by atoms with van der Waals surface area (Å²) in [7, 11) is 0. The van der Waals surface area contributed by atoms with E-state index in [1.54, 1.807) is 6.07 Å². The number of nitriles is 1. The lowest BCUT2D eigenvalue weighted by atomic mass is 10.1. The Labute approximate surface area is 133 Å². The molecule has 0 aliphatic heterocycles. The molecule has 0 amide bonds. The fourth-order valence-electron chi connectivity index (χ4n) is 2.24. The molecule has 0 saturated heterocycles. The number of hydrogen-bond acceptors (Lipinski definition) is 5. The monoisotopic (exact) mass is 311 g/mol. The number of para-hydroxylation sites is 1. The molecule has 3 N–H and O–H groups in total. The number of nitrogens with two attached hydrogens (primary N) is 1. The number of Topliss-reactive ketones (excluding diaryl/α,β-unsaturated/α-hetero) is 1. The predicted octanol–water partition coefficient (Wildman–Crippen LogP) is 1.97. The molecule has 1 heterocycles. The lowest BCUT2D eigenvalue weighted by molar-refractivity contribution is -0.147. The van der Waals surface area contributed by atoms with E-state index in [1.807, 2.05) is 30.5 Å². The van der Waals surface area contributed by atoms with Crippen molar-refractivity contribution in [3.8, 4) is 6.07 Å². The number of nitrogens with zero attached hydrogens (tertiary/aromatic N) is 1. The van der Waals surface area contributed by atoms with E-state index in [0.29, 0.717) is 6.42 Å². The van der Waals surface area contributed by atoms with Gasteiger partial charge in [-0.3, -0.25) is 9.59 Å². The molecule has 1 aromatic heterocycles. The maximum absolute atomic E-state index is 11.7. The van der Waals surface area contributed by atoms with Crippen molar-refractivity contribution in [3.63, 3.8) is 0 Å². The van der Waals surface area contributed by atoms with Gasteiger partial charge in [-0.25, -0.2) is 0 Å². The van der Waals surface area contributed by atoms with Crippen LogP contribution in [0, 0.1) is 11.3 Å². The number of allylic oxidation sites excluding steroid dienone is 1. The molecule has 6 heteroatoms. The minimum Gasteiger partial charge on any atom is -0.457 e. The number of rotatable bonds is 6. The summed E-state index contributed by atoms with van der Waals surface area (Å²) in [6, 6.07) is 9.51. The first-order valence-electron chi connectivity index (χ1n) is 7.13. The van der Waals surface area contributed by atoms with Gasteiger partial charge in [0, 0.05) is 29.2 Å². The Bertz CT molecular complexity index is 808. The molecule has 118 valence electrons. The van der Waals surface area contributed by atoms with Gasteiger partial charge in [0.1, 0.15) is 11.6 Å². The third-order valence-corrected chi connectivity index (χ3v) is 3.42. The smallest absolute Gasteiger partial charge is 0.306 e. The van der Waals surface area contributed by atoms with Crippen LogP contribution in [0.2, 0.25) is 0 Å². The van der Waals surface area contributed by atoms with E-state index in [0.717, 1.165) is 16.5 Å². The molecule has 0 aliphatic rings. The van der Waals surface area contributed by atoms with E-state index in [-0.39, 0.29) is 17.7 Å². The van der Waals surface area contributed by atoms with Gasteiger partial charge in [0.25, 0.3) is 0 Å². The zero-order valence-electron chi connectivity index (χ0n) is 12.8.